The van der Waals surface area contributed by atoms with E-state index >= 15 is 0 Å². The molecule has 0 atom stereocenters. The van der Waals surface area contributed by atoms with Crippen molar-refractivity contribution in [2.24, 2.45) is 0 Å². The van der Waals surface area contributed by atoms with E-state index in [1.54, 1.807) is 6.07 Å². The van der Waals surface area contributed by atoms with Crippen LogP contribution in [0.15, 0.2) is 30.3 Å². The van der Waals surface area contributed by atoms with E-state index in [9.17, 15) is 0 Å². The van der Waals surface area contributed by atoms with Gasteiger partial charge in [0.25, 0.3) is 0 Å². The van der Waals surface area contributed by atoms with Crippen LogP contribution in [0, 0.1) is 0 Å². The second-order valence-electron chi connectivity index (χ2n) is 3.66. The van der Waals surface area contributed by atoms with Crippen molar-refractivity contribution >= 4 is 34.9 Å². The third kappa shape index (κ3) is 3.24. The summed E-state index contributed by atoms with van der Waals surface area (Å²) in [5.74, 6) is 1.54. The second kappa shape index (κ2) is 5.55. The van der Waals surface area contributed by atoms with Crippen molar-refractivity contribution in [3.05, 3.63) is 35.4 Å². The lowest BCUT2D eigenvalue weighted by molar-refractivity contribution is 1.12. The Labute approximate surface area is 110 Å². The van der Waals surface area contributed by atoms with Gasteiger partial charge in [-0.05, 0) is 25.1 Å². The quantitative estimate of drug-likeness (QED) is 0.791. The Kier molecular flexibility index (Phi) is 3.84. The molecule has 0 amide bonds. The van der Waals surface area contributed by atoms with E-state index in [1.165, 1.54) is 0 Å². The first-order chi connectivity index (χ1) is 8.67. The number of hydrogen-bond donors (Lipinski definition) is 3. The normalized spacial score (nSPS) is 10.1. The summed E-state index contributed by atoms with van der Waals surface area (Å²) < 4.78 is 0. The summed E-state index contributed by atoms with van der Waals surface area (Å²) in [6, 6.07) is 9.18. The van der Waals surface area contributed by atoms with Crippen LogP contribution in [-0.2, 0) is 0 Å². The van der Waals surface area contributed by atoms with Crippen LogP contribution in [0.1, 0.15) is 6.92 Å². The average Bonchev–Trinajstić information content (AvgIpc) is 2.28. The minimum atomic E-state index is 0.220. The van der Waals surface area contributed by atoms with Crippen molar-refractivity contribution in [3.8, 4) is 0 Å². The molecule has 0 aliphatic carbocycles. The van der Waals surface area contributed by atoms with Gasteiger partial charge in [0, 0.05) is 23.3 Å². The number of nitrogen functional groups attached to an aromatic ring is 1. The number of aromatic nitrogens is 2. The lowest BCUT2D eigenvalue weighted by Crippen LogP contribution is -2.05. The fourth-order valence-corrected chi connectivity index (χ4v) is 1.71. The lowest BCUT2D eigenvalue weighted by atomic mass is 10.3. The summed E-state index contributed by atoms with van der Waals surface area (Å²) in [4.78, 5) is 8.19. The zero-order valence-electron chi connectivity index (χ0n) is 9.94. The van der Waals surface area contributed by atoms with Crippen LogP contribution in [0.5, 0.6) is 0 Å². The zero-order chi connectivity index (χ0) is 13.0. The minimum Gasteiger partial charge on any atom is -0.370 e. The van der Waals surface area contributed by atoms with Gasteiger partial charge >= 0.3 is 0 Å². The SMILES string of the molecule is CCNc1cc(Nc2cccc(Cl)c2)nc(N)n1. The molecule has 2 aromatic rings. The second-order valence-corrected chi connectivity index (χ2v) is 4.10. The van der Waals surface area contributed by atoms with Crippen molar-refractivity contribution in [1.29, 1.82) is 0 Å². The highest BCUT2D eigenvalue weighted by Crippen LogP contribution is 2.20. The highest BCUT2D eigenvalue weighted by molar-refractivity contribution is 6.30. The standard InChI is InChI=1S/C12H14ClN5/c1-2-15-10-7-11(18-12(14)17-10)16-9-5-3-4-8(13)6-9/h3-7H,2H2,1H3,(H4,14,15,16,17,18). The highest BCUT2D eigenvalue weighted by Gasteiger charge is 2.02. The molecule has 0 aliphatic heterocycles. The number of nitrogens with two attached hydrogens (primary N) is 1. The molecule has 94 valence electrons. The number of nitrogens with one attached hydrogen (secondary N) is 2. The molecule has 4 N–H and O–H groups in total. The third-order valence-corrected chi connectivity index (χ3v) is 2.43. The summed E-state index contributed by atoms with van der Waals surface area (Å²) >= 11 is 5.91. The average molecular weight is 264 g/mol. The molecule has 1 aromatic heterocycles. The van der Waals surface area contributed by atoms with Crippen molar-refractivity contribution in [3.63, 3.8) is 0 Å². The Bertz CT molecular complexity index is 544. The molecule has 0 spiro atoms. The molecule has 0 saturated heterocycles. The van der Waals surface area contributed by atoms with Gasteiger partial charge < -0.3 is 16.4 Å². The van der Waals surface area contributed by atoms with Crippen LogP contribution in [0.2, 0.25) is 5.02 Å². The van der Waals surface area contributed by atoms with Crippen LogP contribution in [0.25, 0.3) is 0 Å². The van der Waals surface area contributed by atoms with E-state index in [0.717, 1.165) is 12.2 Å². The van der Waals surface area contributed by atoms with Crippen LogP contribution in [0.4, 0.5) is 23.3 Å². The van der Waals surface area contributed by atoms with Gasteiger partial charge in [0.05, 0.1) is 0 Å². The number of hydrogen-bond acceptors (Lipinski definition) is 5. The van der Waals surface area contributed by atoms with Crippen molar-refractivity contribution in [1.82, 2.24) is 9.97 Å². The number of nitrogens with zero attached hydrogens (tertiary/aromatic N) is 2. The van der Waals surface area contributed by atoms with Gasteiger partial charge in [-0.25, -0.2) is 0 Å². The summed E-state index contributed by atoms with van der Waals surface area (Å²) in [6.07, 6.45) is 0. The molecular formula is C12H14ClN5. The molecule has 0 unspecified atom stereocenters. The first-order valence-corrected chi connectivity index (χ1v) is 5.96. The van der Waals surface area contributed by atoms with Crippen LogP contribution >= 0.6 is 11.6 Å². The largest absolute Gasteiger partial charge is 0.370 e. The molecule has 18 heavy (non-hydrogen) atoms. The Morgan fingerprint density at radius 1 is 1.22 bits per heavy atom. The maximum Gasteiger partial charge on any atom is 0.223 e. The molecule has 1 heterocycles. The monoisotopic (exact) mass is 263 g/mol. The summed E-state index contributed by atoms with van der Waals surface area (Å²) in [6.45, 7) is 2.76. The van der Waals surface area contributed by atoms with Gasteiger partial charge in [-0.1, -0.05) is 17.7 Å². The zero-order valence-corrected chi connectivity index (χ0v) is 10.7. The van der Waals surface area contributed by atoms with E-state index in [0.29, 0.717) is 16.7 Å². The molecule has 2 rings (SSSR count). The number of anilines is 4. The third-order valence-electron chi connectivity index (χ3n) is 2.20. The summed E-state index contributed by atoms with van der Waals surface area (Å²) in [7, 11) is 0. The molecule has 1 aromatic carbocycles. The molecule has 0 fully saturated rings. The van der Waals surface area contributed by atoms with Crippen molar-refractivity contribution < 1.29 is 0 Å². The van der Waals surface area contributed by atoms with E-state index in [4.69, 9.17) is 17.3 Å². The van der Waals surface area contributed by atoms with Crippen LogP contribution < -0.4 is 16.4 Å². The van der Waals surface area contributed by atoms with Gasteiger partial charge in [-0.3, -0.25) is 0 Å². The lowest BCUT2D eigenvalue weighted by Gasteiger charge is -2.09. The number of halogens is 1. The van der Waals surface area contributed by atoms with Gasteiger partial charge in [0.15, 0.2) is 0 Å². The predicted molar refractivity (Wildman–Crippen MR) is 75.3 cm³/mol. The number of rotatable bonds is 4. The Morgan fingerprint density at radius 2 is 2.00 bits per heavy atom. The first kappa shape index (κ1) is 12.4. The summed E-state index contributed by atoms with van der Waals surface area (Å²) in [5.41, 5.74) is 6.50. The molecule has 0 bridgehead atoms. The maximum atomic E-state index is 5.91. The van der Waals surface area contributed by atoms with E-state index in [1.807, 2.05) is 31.2 Å². The Morgan fingerprint density at radius 3 is 2.72 bits per heavy atom. The van der Waals surface area contributed by atoms with Crippen LogP contribution in [-0.4, -0.2) is 16.5 Å². The van der Waals surface area contributed by atoms with E-state index in [2.05, 4.69) is 20.6 Å². The Balaban J connectivity index is 2.23. The predicted octanol–water partition coefficient (Wildman–Crippen LogP) is 2.89. The smallest absolute Gasteiger partial charge is 0.223 e. The van der Waals surface area contributed by atoms with Crippen molar-refractivity contribution in [2.75, 3.05) is 22.9 Å². The van der Waals surface area contributed by atoms with Crippen LogP contribution in [0.3, 0.4) is 0 Å². The minimum absolute atomic E-state index is 0.220. The Hall–Kier alpha value is -2.01. The van der Waals surface area contributed by atoms with E-state index in [-0.39, 0.29) is 5.95 Å². The van der Waals surface area contributed by atoms with Gasteiger partial charge in [-0.15, -0.1) is 0 Å². The summed E-state index contributed by atoms with van der Waals surface area (Å²) in [5, 5.41) is 6.88. The number of benzene rings is 1. The molecular weight excluding hydrogens is 250 g/mol. The molecule has 0 radical (unpaired) electrons. The first-order valence-electron chi connectivity index (χ1n) is 5.58. The molecule has 5 nitrogen and oxygen atoms in total. The van der Waals surface area contributed by atoms with Crippen molar-refractivity contribution in [2.45, 2.75) is 6.92 Å². The molecule has 0 aliphatic rings. The fourth-order valence-electron chi connectivity index (χ4n) is 1.52. The molecule has 6 heteroatoms. The van der Waals surface area contributed by atoms with E-state index < -0.39 is 0 Å². The highest BCUT2D eigenvalue weighted by atomic mass is 35.5. The topological polar surface area (TPSA) is 75.9 Å². The van der Waals surface area contributed by atoms with Gasteiger partial charge in [0.1, 0.15) is 11.6 Å². The fraction of sp³-hybridized carbons (Fsp3) is 0.167. The van der Waals surface area contributed by atoms with Gasteiger partial charge in [0.2, 0.25) is 5.95 Å². The van der Waals surface area contributed by atoms with Gasteiger partial charge in [-0.2, -0.15) is 9.97 Å². The molecule has 0 saturated carbocycles. The maximum absolute atomic E-state index is 5.91.